The van der Waals surface area contributed by atoms with Crippen molar-refractivity contribution < 1.29 is 9.53 Å². The van der Waals surface area contributed by atoms with Gasteiger partial charge in [0.05, 0.1) is 23.9 Å². The zero-order valence-corrected chi connectivity index (χ0v) is 11.4. The van der Waals surface area contributed by atoms with Crippen molar-refractivity contribution in [1.29, 1.82) is 0 Å². The number of aromatic nitrogens is 3. The van der Waals surface area contributed by atoms with Crippen LogP contribution < -0.4 is 4.74 Å². The number of carbonyl (C=O) groups excluding carboxylic acids is 1. The van der Waals surface area contributed by atoms with E-state index in [0.717, 1.165) is 4.88 Å². The van der Waals surface area contributed by atoms with Gasteiger partial charge >= 0.3 is 0 Å². The van der Waals surface area contributed by atoms with Gasteiger partial charge in [-0.3, -0.25) is 9.78 Å². The number of nitrogens with zero attached hydrogens (tertiary/aromatic N) is 3. The van der Waals surface area contributed by atoms with Crippen LogP contribution in [0, 0.1) is 0 Å². The third kappa shape index (κ3) is 3.59. The maximum atomic E-state index is 10.5. The first-order valence-corrected chi connectivity index (χ1v) is 6.51. The predicted molar refractivity (Wildman–Crippen MR) is 71.0 cm³/mol. The molecule has 0 aliphatic heterocycles. The molecule has 0 spiro atoms. The Kier molecular flexibility index (Phi) is 5.93. The molecular weight excluding hydrogens is 250 g/mol. The van der Waals surface area contributed by atoms with Gasteiger partial charge in [-0.25, -0.2) is 9.97 Å². The molecule has 2 aromatic rings. The molecule has 5 nitrogen and oxygen atoms in total. The summed E-state index contributed by atoms with van der Waals surface area (Å²) in [5, 5.41) is 0.429. The van der Waals surface area contributed by atoms with Crippen molar-refractivity contribution in [2.45, 2.75) is 20.8 Å². The summed E-state index contributed by atoms with van der Waals surface area (Å²) < 4.78 is 5.24. The van der Waals surface area contributed by atoms with Gasteiger partial charge in [0.1, 0.15) is 5.69 Å². The maximum absolute atomic E-state index is 10.5. The van der Waals surface area contributed by atoms with Crippen molar-refractivity contribution in [3.8, 4) is 16.5 Å². The van der Waals surface area contributed by atoms with Crippen molar-refractivity contribution in [3.63, 3.8) is 0 Å². The molecule has 6 heteroatoms. The van der Waals surface area contributed by atoms with Crippen LogP contribution in [0.2, 0.25) is 0 Å². The Morgan fingerprint density at radius 1 is 1.33 bits per heavy atom. The van der Waals surface area contributed by atoms with Crippen LogP contribution in [0.5, 0.6) is 5.88 Å². The van der Waals surface area contributed by atoms with Gasteiger partial charge in [-0.1, -0.05) is 13.8 Å². The molecule has 0 aliphatic rings. The van der Waals surface area contributed by atoms with Crippen LogP contribution in [0.15, 0.2) is 18.6 Å². The van der Waals surface area contributed by atoms with Crippen molar-refractivity contribution in [1.82, 2.24) is 15.0 Å². The fourth-order valence-electron chi connectivity index (χ4n) is 1.14. The average Bonchev–Trinajstić information content (AvgIpc) is 2.91. The van der Waals surface area contributed by atoms with Gasteiger partial charge in [-0.2, -0.15) is 0 Å². The average molecular weight is 265 g/mol. The zero-order valence-electron chi connectivity index (χ0n) is 10.6. The minimum Gasteiger partial charge on any atom is -0.477 e. The molecule has 0 amide bonds. The Hall–Kier alpha value is -1.82. The van der Waals surface area contributed by atoms with E-state index in [1.807, 2.05) is 20.8 Å². The van der Waals surface area contributed by atoms with E-state index in [4.69, 9.17) is 4.74 Å². The first-order chi connectivity index (χ1) is 8.83. The molecule has 96 valence electrons. The lowest BCUT2D eigenvalue weighted by Gasteiger charge is -2.01. The van der Waals surface area contributed by atoms with Gasteiger partial charge in [0.2, 0.25) is 5.88 Å². The second kappa shape index (κ2) is 7.50. The van der Waals surface area contributed by atoms with Gasteiger partial charge in [-0.15, -0.1) is 11.3 Å². The van der Waals surface area contributed by atoms with E-state index in [0.29, 0.717) is 29.5 Å². The summed E-state index contributed by atoms with van der Waals surface area (Å²) in [5.41, 5.74) is 0.663. The van der Waals surface area contributed by atoms with Crippen molar-refractivity contribution >= 4 is 17.6 Å². The summed E-state index contributed by atoms with van der Waals surface area (Å²) >= 11 is 1.28. The highest BCUT2D eigenvalue weighted by Gasteiger charge is 2.06. The first-order valence-electron chi connectivity index (χ1n) is 5.69. The number of thiazole rings is 1. The lowest BCUT2D eigenvalue weighted by atomic mass is 10.4. The number of aldehydes is 1. The molecule has 0 aromatic carbocycles. The van der Waals surface area contributed by atoms with Crippen molar-refractivity contribution in [3.05, 3.63) is 23.6 Å². The largest absolute Gasteiger partial charge is 0.477 e. The van der Waals surface area contributed by atoms with E-state index in [1.54, 1.807) is 18.6 Å². The molecule has 2 aromatic heterocycles. The van der Waals surface area contributed by atoms with E-state index in [9.17, 15) is 4.79 Å². The van der Waals surface area contributed by atoms with Crippen LogP contribution in [0.4, 0.5) is 0 Å². The molecule has 0 N–H and O–H groups in total. The van der Waals surface area contributed by atoms with Gasteiger partial charge in [0, 0.05) is 6.20 Å². The molecule has 0 fully saturated rings. The fraction of sp³-hybridized carbons (Fsp3) is 0.333. The molecule has 2 rings (SSSR count). The van der Waals surface area contributed by atoms with Gasteiger partial charge in [-0.05, 0) is 6.92 Å². The Balaban J connectivity index is 0.000000771. The number of hydrogen-bond donors (Lipinski definition) is 0. The zero-order chi connectivity index (χ0) is 13.4. The van der Waals surface area contributed by atoms with E-state index < -0.39 is 0 Å². The lowest BCUT2D eigenvalue weighted by molar-refractivity contribution is 0.112. The van der Waals surface area contributed by atoms with Crippen LogP contribution in [-0.4, -0.2) is 27.8 Å². The molecular formula is C12H15N3O2S. The van der Waals surface area contributed by atoms with Crippen LogP contribution in [-0.2, 0) is 0 Å². The van der Waals surface area contributed by atoms with Crippen LogP contribution in [0.25, 0.3) is 10.6 Å². The van der Waals surface area contributed by atoms with E-state index in [2.05, 4.69) is 15.0 Å². The first kappa shape index (κ1) is 14.2. The molecule has 0 radical (unpaired) electrons. The van der Waals surface area contributed by atoms with E-state index in [1.165, 1.54) is 11.3 Å². The van der Waals surface area contributed by atoms with Crippen LogP contribution >= 0.6 is 11.3 Å². The highest BCUT2D eigenvalue weighted by molar-refractivity contribution is 7.16. The SMILES string of the molecule is CC.CCOc1cncc(-c2cnc(C=O)s2)n1. The Labute approximate surface area is 110 Å². The van der Waals surface area contributed by atoms with Gasteiger partial charge < -0.3 is 4.74 Å². The van der Waals surface area contributed by atoms with Gasteiger partial charge in [0.15, 0.2) is 11.3 Å². The normalized spacial score (nSPS) is 9.28. The molecule has 2 heterocycles. The highest BCUT2D eigenvalue weighted by Crippen LogP contribution is 2.24. The second-order valence-corrected chi connectivity index (χ2v) is 3.92. The molecule has 0 atom stereocenters. The topological polar surface area (TPSA) is 65.0 Å². The lowest BCUT2D eigenvalue weighted by Crippen LogP contribution is -1.95. The quantitative estimate of drug-likeness (QED) is 0.795. The molecule has 0 bridgehead atoms. The van der Waals surface area contributed by atoms with Crippen molar-refractivity contribution in [2.24, 2.45) is 0 Å². The minimum atomic E-state index is 0.429. The highest BCUT2D eigenvalue weighted by atomic mass is 32.1. The summed E-state index contributed by atoms with van der Waals surface area (Å²) in [4.78, 5) is 23.5. The summed E-state index contributed by atoms with van der Waals surface area (Å²) in [7, 11) is 0. The summed E-state index contributed by atoms with van der Waals surface area (Å²) in [5.74, 6) is 0.473. The Morgan fingerprint density at radius 2 is 2.11 bits per heavy atom. The standard InChI is InChI=1S/C10H9N3O2S.C2H6/c1-2-15-9-5-11-3-7(13-9)8-4-12-10(6-14)16-8;1-2/h3-6H,2H2,1H3;1-2H3. The number of hydrogen-bond acceptors (Lipinski definition) is 6. The number of ether oxygens (including phenoxy) is 1. The summed E-state index contributed by atoms with van der Waals surface area (Å²) in [6.45, 7) is 6.42. The van der Waals surface area contributed by atoms with E-state index >= 15 is 0 Å². The Bertz CT molecular complexity index is 500. The monoisotopic (exact) mass is 265 g/mol. The van der Waals surface area contributed by atoms with Crippen molar-refractivity contribution in [2.75, 3.05) is 6.61 Å². The molecule has 18 heavy (non-hydrogen) atoms. The Morgan fingerprint density at radius 3 is 2.72 bits per heavy atom. The molecule has 0 saturated heterocycles. The molecule has 0 unspecified atom stereocenters. The summed E-state index contributed by atoms with van der Waals surface area (Å²) in [6, 6.07) is 0. The maximum Gasteiger partial charge on any atom is 0.232 e. The second-order valence-electron chi connectivity index (χ2n) is 2.86. The van der Waals surface area contributed by atoms with Gasteiger partial charge in [0.25, 0.3) is 0 Å². The number of carbonyl (C=O) groups is 1. The van der Waals surface area contributed by atoms with Crippen LogP contribution in [0.3, 0.4) is 0 Å². The van der Waals surface area contributed by atoms with E-state index in [-0.39, 0.29) is 0 Å². The predicted octanol–water partition coefficient (Wildman–Crippen LogP) is 2.84. The smallest absolute Gasteiger partial charge is 0.232 e. The summed E-state index contributed by atoms with van der Waals surface area (Å²) in [6.07, 6.45) is 5.49. The molecule has 0 saturated carbocycles. The third-order valence-electron chi connectivity index (χ3n) is 1.78. The fourth-order valence-corrected chi connectivity index (χ4v) is 1.83. The minimum absolute atomic E-state index is 0.429. The third-order valence-corrected chi connectivity index (χ3v) is 2.73. The number of rotatable bonds is 4. The molecule has 0 aliphatic carbocycles. The van der Waals surface area contributed by atoms with Crippen LogP contribution in [0.1, 0.15) is 30.6 Å².